The average molecular weight is 360 g/mol. The van der Waals surface area contributed by atoms with Crippen molar-refractivity contribution in [3.05, 3.63) is 71.9 Å². The van der Waals surface area contributed by atoms with E-state index < -0.39 is 0 Å². The molecule has 0 unspecified atom stereocenters. The summed E-state index contributed by atoms with van der Waals surface area (Å²) in [6, 6.07) is 20.2. The molecule has 3 aromatic rings. The van der Waals surface area contributed by atoms with Crippen LogP contribution in [-0.2, 0) is 6.54 Å². The summed E-state index contributed by atoms with van der Waals surface area (Å²) in [6.45, 7) is 4.73. The van der Waals surface area contributed by atoms with Crippen LogP contribution in [0.15, 0.2) is 60.7 Å². The van der Waals surface area contributed by atoms with E-state index in [-0.39, 0.29) is 12.1 Å². The van der Waals surface area contributed by atoms with Crippen LogP contribution in [0.25, 0.3) is 10.9 Å². The molecule has 27 heavy (non-hydrogen) atoms. The fourth-order valence-corrected chi connectivity index (χ4v) is 3.69. The first-order valence-corrected chi connectivity index (χ1v) is 9.37. The molecule has 1 fully saturated rings. The molecule has 5 heteroatoms. The second-order valence-electron chi connectivity index (χ2n) is 7.13. The maximum absolute atomic E-state index is 12.5. The number of carbonyl (C=O) groups excluding carboxylic acids is 1. The van der Waals surface area contributed by atoms with Gasteiger partial charge in [-0.15, -0.1) is 0 Å². The van der Waals surface area contributed by atoms with E-state index in [4.69, 9.17) is 0 Å². The van der Waals surface area contributed by atoms with Crippen molar-refractivity contribution >= 4 is 22.6 Å². The Hall–Kier alpha value is -2.92. The molecule has 5 nitrogen and oxygen atoms in total. The third kappa shape index (κ3) is 4.26. The van der Waals surface area contributed by atoms with Gasteiger partial charge in [0.1, 0.15) is 0 Å². The Balaban J connectivity index is 1.36. The number of pyridine rings is 1. The summed E-state index contributed by atoms with van der Waals surface area (Å²) in [5, 5.41) is 7.08. The van der Waals surface area contributed by atoms with Gasteiger partial charge in [0.15, 0.2) is 0 Å². The molecule has 2 heterocycles. The van der Waals surface area contributed by atoms with Crippen molar-refractivity contribution in [2.45, 2.75) is 25.9 Å². The number of fused-ring (bicyclic) bond motifs is 1. The summed E-state index contributed by atoms with van der Waals surface area (Å²) in [7, 11) is 0. The van der Waals surface area contributed by atoms with Crippen molar-refractivity contribution in [3.8, 4) is 0 Å². The molecule has 138 valence electrons. The maximum atomic E-state index is 12.5. The van der Waals surface area contributed by atoms with Crippen LogP contribution in [-0.4, -0.2) is 35.0 Å². The molecule has 0 saturated carbocycles. The van der Waals surface area contributed by atoms with Gasteiger partial charge in [-0.1, -0.05) is 48.5 Å². The normalized spacial score (nSPS) is 17.1. The van der Waals surface area contributed by atoms with Crippen molar-refractivity contribution in [3.63, 3.8) is 0 Å². The Labute approximate surface area is 159 Å². The second-order valence-corrected chi connectivity index (χ2v) is 7.13. The second kappa shape index (κ2) is 7.76. The van der Waals surface area contributed by atoms with Crippen LogP contribution in [0.5, 0.6) is 0 Å². The quantitative estimate of drug-likeness (QED) is 0.741. The standard InChI is InChI=1S/C22H24N4O/c1-16-13-21(19-9-5-6-10-20(19)23-16)25-22(27)24-18-11-12-26(15-18)14-17-7-3-2-4-8-17/h2-10,13,18H,11-12,14-15H2,1H3,(H2,23,24,25,27)/t18-/m0/s1. The average Bonchev–Trinajstić information content (AvgIpc) is 3.09. The fraction of sp³-hybridized carbons (Fsp3) is 0.273. The van der Waals surface area contributed by atoms with E-state index in [0.717, 1.165) is 48.3 Å². The van der Waals surface area contributed by atoms with Gasteiger partial charge in [0, 0.05) is 36.8 Å². The molecule has 0 bridgehead atoms. The Bertz CT molecular complexity index is 941. The number of carbonyl (C=O) groups is 1. The third-order valence-corrected chi connectivity index (χ3v) is 4.95. The number of hydrogen-bond donors (Lipinski definition) is 2. The van der Waals surface area contributed by atoms with Gasteiger partial charge in [-0.25, -0.2) is 4.79 Å². The Morgan fingerprint density at radius 2 is 1.93 bits per heavy atom. The SMILES string of the molecule is Cc1cc(NC(=O)N[C@H]2CCN(Cc3ccccc3)C2)c2ccccc2n1. The molecule has 0 spiro atoms. The molecule has 0 radical (unpaired) electrons. The van der Waals surface area contributed by atoms with Gasteiger partial charge in [0.2, 0.25) is 0 Å². The number of hydrogen-bond acceptors (Lipinski definition) is 3. The summed E-state index contributed by atoms with van der Waals surface area (Å²) < 4.78 is 0. The molecule has 0 aliphatic carbocycles. The first-order valence-electron chi connectivity index (χ1n) is 9.37. The molecule has 1 atom stereocenters. The van der Waals surface area contributed by atoms with Crippen molar-refractivity contribution < 1.29 is 4.79 Å². The van der Waals surface area contributed by atoms with Crippen LogP contribution in [0, 0.1) is 6.92 Å². The van der Waals surface area contributed by atoms with Crippen molar-refractivity contribution in [1.29, 1.82) is 0 Å². The molecule has 1 aromatic heterocycles. The summed E-state index contributed by atoms with van der Waals surface area (Å²) in [4.78, 5) is 19.4. The first kappa shape index (κ1) is 17.5. The number of nitrogens with zero attached hydrogens (tertiary/aromatic N) is 2. The van der Waals surface area contributed by atoms with Gasteiger partial charge in [-0.2, -0.15) is 0 Å². The zero-order chi connectivity index (χ0) is 18.6. The monoisotopic (exact) mass is 360 g/mol. The Morgan fingerprint density at radius 1 is 1.15 bits per heavy atom. The Morgan fingerprint density at radius 3 is 2.78 bits per heavy atom. The molecular formula is C22H24N4O. The zero-order valence-corrected chi connectivity index (χ0v) is 15.5. The minimum absolute atomic E-state index is 0.155. The minimum Gasteiger partial charge on any atom is -0.334 e. The number of urea groups is 1. The lowest BCUT2D eigenvalue weighted by atomic mass is 10.1. The largest absolute Gasteiger partial charge is 0.334 e. The fourth-order valence-electron chi connectivity index (χ4n) is 3.69. The summed E-state index contributed by atoms with van der Waals surface area (Å²) in [5.41, 5.74) is 3.89. The molecule has 1 aliphatic heterocycles. The lowest BCUT2D eigenvalue weighted by Crippen LogP contribution is -2.39. The number of benzene rings is 2. The topological polar surface area (TPSA) is 57.3 Å². The highest BCUT2D eigenvalue weighted by Crippen LogP contribution is 2.23. The van der Waals surface area contributed by atoms with Gasteiger partial charge < -0.3 is 10.6 Å². The number of anilines is 1. The predicted octanol–water partition coefficient (Wildman–Crippen LogP) is 3.94. The molecule has 1 aliphatic rings. The highest BCUT2D eigenvalue weighted by atomic mass is 16.2. The molecule has 2 N–H and O–H groups in total. The van der Waals surface area contributed by atoms with Gasteiger partial charge >= 0.3 is 6.03 Å². The van der Waals surface area contributed by atoms with E-state index in [1.54, 1.807) is 0 Å². The van der Waals surface area contributed by atoms with Crippen molar-refractivity contribution in [2.24, 2.45) is 0 Å². The Kier molecular flexibility index (Phi) is 5.03. The van der Waals surface area contributed by atoms with Crippen molar-refractivity contribution in [1.82, 2.24) is 15.2 Å². The van der Waals surface area contributed by atoms with Crippen LogP contribution < -0.4 is 10.6 Å². The number of rotatable bonds is 4. The predicted molar refractivity (Wildman–Crippen MR) is 109 cm³/mol. The van der Waals surface area contributed by atoms with E-state index in [0.29, 0.717) is 0 Å². The summed E-state index contributed by atoms with van der Waals surface area (Å²) in [6.07, 6.45) is 0.969. The number of nitrogens with one attached hydrogen (secondary N) is 2. The van der Waals surface area contributed by atoms with Crippen molar-refractivity contribution in [2.75, 3.05) is 18.4 Å². The number of aryl methyl sites for hydroxylation is 1. The lowest BCUT2D eigenvalue weighted by Gasteiger charge is -2.17. The molecule has 1 saturated heterocycles. The van der Waals surface area contributed by atoms with E-state index >= 15 is 0 Å². The number of para-hydroxylation sites is 1. The molecule has 2 aromatic carbocycles. The van der Waals surface area contributed by atoms with Crippen LogP contribution >= 0.6 is 0 Å². The van der Waals surface area contributed by atoms with Crippen LogP contribution in [0.1, 0.15) is 17.7 Å². The van der Waals surface area contributed by atoms with Crippen LogP contribution in [0.3, 0.4) is 0 Å². The van der Waals surface area contributed by atoms with Gasteiger partial charge in [0.25, 0.3) is 0 Å². The number of amides is 2. The van der Waals surface area contributed by atoms with E-state index in [2.05, 4.69) is 44.8 Å². The van der Waals surface area contributed by atoms with Crippen LogP contribution in [0.2, 0.25) is 0 Å². The summed E-state index contributed by atoms with van der Waals surface area (Å²) >= 11 is 0. The zero-order valence-electron chi connectivity index (χ0n) is 15.5. The molecular weight excluding hydrogens is 336 g/mol. The van der Waals surface area contributed by atoms with E-state index in [1.165, 1.54) is 5.56 Å². The number of likely N-dealkylation sites (tertiary alicyclic amines) is 1. The molecule has 4 rings (SSSR count). The van der Waals surface area contributed by atoms with Gasteiger partial charge in [-0.05, 0) is 31.0 Å². The smallest absolute Gasteiger partial charge is 0.319 e. The number of aromatic nitrogens is 1. The molecule has 2 amide bonds. The first-order chi connectivity index (χ1) is 13.2. The third-order valence-electron chi connectivity index (χ3n) is 4.95. The van der Waals surface area contributed by atoms with Gasteiger partial charge in [-0.3, -0.25) is 9.88 Å². The highest BCUT2D eigenvalue weighted by Gasteiger charge is 2.24. The maximum Gasteiger partial charge on any atom is 0.319 e. The highest BCUT2D eigenvalue weighted by molar-refractivity contribution is 6.00. The van der Waals surface area contributed by atoms with Gasteiger partial charge in [0.05, 0.1) is 11.2 Å². The summed E-state index contributed by atoms with van der Waals surface area (Å²) in [5.74, 6) is 0. The van der Waals surface area contributed by atoms with Crippen LogP contribution in [0.4, 0.5) is 10.5 Å². The lowest BCUT2D eigenvalue weighted by molar-refractivity contribution is 0.247. The van der Waals surface area contributed by atoms with E-state index in [1.807, 2.05) is 43.3 Å². The van der Waals surface area contributed by atoms with E-state index in [9.17, 15) is 4.79 Å². The minimum atomic E-state index is -0.155.